The molecule has 2 N–H and O–H groups in total. The number of para-hydroxylation sites is 1. The molecule has 0 spiro atoms. The van der Waals surface area contributed by atoms with Crippen LogP contribution < -0.4 is 0 Å². The first-order valence-electron chi connectivity index (χ1n) is 6.70. The molecule has 0 aromatic heterocycles. The fraction of sp³-hybridized carbons (Fsp3) is 0.235. The highest BCUT2D eigenvalue weighted by atomic mass is 16.4. The van der Waals surface area contributed by atoms with Gasteiger partial charge in [0.15, 0.2) is 0 Å². The Morgan fingerprint density at radius 2 is 1.75 bits per heavy atom. The SMILES string of the molecule is CCc1ccc(C(Cc2ccccc2O)C(=O)O)cc1. The summed E-state index contributed by atoms with van der Waals surface area (Å²) in [6, 6.07) is 14.5. The van der Waals surface area contributed by atoms with E-state index in [-0.39, 0.29) is 12.2 Å². The Kier molecular flexibility index (Phi) is 4.41. The molecule has 2 rings (SSSR count). The first kappa shape index (κ1) is 14.1. The van der Waals surface area contributed by atoms with Gasteiger partial charge in [-0.1, -0.05) is 49.4 Å². The maximum Gasteiger partial charge on any atom is 0.311 e. The highest BCUT2D eigenvalue weighted by Crippen LogP contribution is 2.26. The van der Waals surface area contributed by atoms with Crippen molar-refractivity contribution in [2.75, 3.05) is 0 Å². The molecule has 0 amide bonds. The minimum atomic E-state index is -0.877. The minimum absolute atomic E-state index is 0.143. The van der Waals surface area contributed by atoms with Crippen molar-refractivity contribution in [3.8, 4) is 5.75 Å². The standard InChI is InChI=1S/C17H18O3/c1-2-12-7-9-13(10-8-12)15(17(19)20)11-14-5-3-4-6-16(14)18/h3-10,15,18H,2,11H2,1H3,(H,19,20). The first-order valence-corrected chi connectivity index (χ1v) is 6.70. The molecule has 3 heteroatoms. The summed E-state index contributed by atoms with van der Waals surface area (Å²) in [4.78, 5) is 11.5. The van der Waals surface area contributed by atoms with Crippen LogP contribution >= 0.6 is 0 Å². The van der Waals surface area contributed by atoms with Gasteiger partial charge in [-0.2, -0.15) is 0 Å². The van der Waals surface area contributed by atoms with E-state index in [9.17, 15) is 15.0 Å². The number of phenols is 1. The van der Waals surface area contributed by atoms with Crippen molar-refractivity contribution in [3.63, 3.8) is 0 Å². The number of hydrogen-bond acceptors (Lipinski definition) is 2. The summed E-state index contributed by atoms with van der Waals surface area (Å²) in [5.74, 6) is -1.38. The number of carbonyl (C=O) groups is 1. The average molecular weight is 270 g/mol. The van der Waals surface area contributed by atoms with Crippen molar-refractivity contribution < 1.29 is 15.0 Å². The molecule has 3 nitrogen and oxygen atoms in total. The molecule has 104 valence electrons. The van der Waals surface area contributed by atoms with E-state index in [4.69, 9.17) is 0 Å². The zero-order valence-electron chi connectivity index (χ0n) is 11.4. The van der Waals surface area contributed by atoms with Crippen LogP contribution in [0.3, 0.4) is 0 Å². The molecule has 20 heavy (non-hydrogen) atoms. The second-order valence-corrected chi connectivity index (χ2v) is 4.82. The maximum atomic E-state index is 11.5. The Hall–Kier alpha value is -2.29. The molecule has 0 aliphatic rings. The molecule has 2 aromatic carbocycles. The Balaban J connectivity index is 2.27. The molecule has 0 heterocycles. The third-order valence-electron chi connectivity index (χ3n) is 3.50. The number of aryl methyl sites for hydroxylation is 1. The van der Waals surface area contributed by atoms with Gasteiger partial charge in [0.2, 0.25) is 0 Å². The Morgan fingerprint density at radius 3 is 2.30 bits per heavy atom. The molecule has 2 aromatic rings. The topological polar surface area (TPSA) is 57.5 Å². The van der Waals surface area contributed by atoms with E-state index in [2.05, 4.69) is 6.92 Å². The number of aliphatic carboxylic acids is 1. The van der Waals surface area contributed by atoms with Crippen LogP contribution in [0.25, 0.3) is 0 Å². The van der Waals surface area contributed by atoms with Gasteiger partial charge in [-0.25, -0.2) is 0 Å². The number of phenolic OH excluding ortho intramolecular Hbond substituents is 1. The summed E-state index contributed by atoms with van der Waals surface area (Å²) in [6.07, 6.45) is 1.21. The Bertz CT molecular complexity index is 587. The number of aromatic hydroxyl groups is 1. The zero-order valence-corrected chi connectivity index (χ0v) is 11.4. The van der Waals surface area contributed by atoms with E-state index in [0.717, 1.165) is 12.0 Å². The lowest BCUT2D eigenvalue weighted by molar-refractivity contribution is -0.138. The third-order valence-corrected chi connectivity index (χ3v) is 3.50. The van der Waals surface area contributed by atoms with Crippen LogP contribution in [0.4, 0.5) is 0 Å². The van der Waals surface area contributed by atoms with Gasteiger partial charge in [0.1, 0.15) is 5.75 Å². The van der Waals surface area contributed by atoms with Gasteiger partial charge in [0.25, 0.3) is 0 Å². The lowest BCUT2D eigenvalue weighted by Gasteiger charge is -2.14. The fourth-order valence-corrected chi connectivity index (χ4v) is 2.24. The number of carboxylic acid groups (broad SMARTS) is 1. The quantitative estimate of drug-likeness (QED) is 0.875. The molecule has 0 saturated carbocycles. The minimum Gasteiger partial charge on any atom is -0.508 e. The maximum absolute atomic E-state index is 11.5. The summed E-state index contributed by atoms with van der Waals surface area (Å²) in [7, 11) is 0. The van der Waals surface area contributed by atoms with Crippen molar-refractivity contribution in [1.82, 2.24) is 0 Å². The Labute approximate surface area is 118 Å². The largest absolute Gasteiger partial charge is 0.508 e. The lowest BCUT2D eigenvalue weighted by Crippen LogP contribution is -2.14. The molecule has 0 radical (unpaired) electrons. The number of carboxylic acids is 1. The molecular weight excluding hydrogens is 252 g/mol. The van der Waals surface area contributed by atoms with Crippen molar-refractivity contribution in [2.24, 2.45) is 0 Å². The van der Waals surface area contributed by atoms with Crippen LogP contribution in [0.2, 0.25) is 0 Å². The van der Waals surface area contributed by atoms with E-state index < -0.39 is 11.9 Å². The lowest BCUT2D eigenvalue weighted by atomic mass is 9.91. The average Bonchev–Trinajstić information content (AvgIpc) is 2.46. The number of benzene rings is 2. The molecule has 0 saturated heterocycles. The van der Waals surface area contributed by atoms with Crippen molar-refractivity contribution in [3.05, 3.63) is 65.2 Å². The van der Waals surface area contributed by atoms with Crippen LogP contribution in [0, 0.1) is 0 Å². The Morgan fingerprint density at radius 1 is 1.10 bits per heavy atom. The van der Waals surface area contributed by atoms with Crippen LogP contribution in [-0.4, -0.2) is 16.2 Å². The normalized spacial score (nSPS) is 12.1. The van der Waals surface area contributed by atoms with Crippen LogP contribution in [0.1, 0.15) is 29.5 Å². The molecule has 0 fully saturated rings. The van der Waals surface area contributed by atoms with Crippen molar-refractivity contribution >= 4 is 5.97 Å². The van der Waals surface area contributed by atoms with Crippen LogP contribution in [-0.2, 0) is 17.6 Å². The summed E-state index contributed by atoms with van der Waals surface area (Å²) < 4.78 is 0. The molecule has 1 atom stereocenters. The highest BCUT2D eigenvalue weighted by Gasteiger charge is 2.21. The fourth-order valence-electron chi connectivity index (χ4n) is 2.24. The first-order chi connectivity index (χ1) is 9.61. The molecular formula is C17H18O3. The smallest absolute Gasteiger partial charge is 0.311 e. The molecule has 0 bridgehead atoms. The molecule has 0 aliphatic heterocycles. The van der Waals surface area contributed by atoms with Gasteiger partial charge in [-0.3, -0.25) is 4.79 Å². The summed E-state index contributed by atoms with van der Waals surface area (Å²) >= 11 is 0. The second-order valence-electron chi connectivity index (χ2n) is 4.82. The van der Waals surface area contributed by atoms with Gasteiger partial charge in [0.05, 0.1) is 5.92 Å². The number of rotatable bonds is 5. The zero-order chi connectivity index (χ0) is 14.5. The molecule has 0 aliphatic carbocycles. The van der Waals surface area contributed by atoms with Crippen molar-refractivity contribution in [1.29, 1.82) is 0 Å². The third kappa shape index (κ3) is 3.18. The summed E-state index contributed by atoms with van der Waals surface area (Å²) in [6.45, 7) is 2.06. The van der Waals surface area contributed by atoms with Crippen molar-refractivity contribution in [2.45, 2.75) is 25.7 Å². The van der Waals surface area contributed by atoms with Gasteiger partial charge < -0.3 is 10.2 Å². The van der Waals surface area contributed by atoms with E-state index in [1.807, 2.05) is 24.3 Å². The van der Waals surface area contributed by atoms with Gasteiger partial charge in [0, 0.05) is 0 Å². The van der Waals surface area contributed by atoms with Gasteiger partial charge in [-0.15, -0.1) is 0 Å². The number of hydrogen-bond donors (Lipinski definition) is 2. The van der Waals surface area contributed by atoms with E-state index >= 15 is 0 Å². The monoisotopic (exact) mass is 270 g/mol. The molecule has 1 unspecified atom stereocenters. The van der Waals surface area contributed by atoms with Gasteiger partial charge >= 0.3 is 5.97 Å². The predicted molar refractivity (Wildman–Crippen MR) is 78.0 cm³/mol. The van der Waals surface area contributed by atoms with E-state index in [0.29, 0.717) is 5.56 Å². The van der Waals surface area contributed by atoms with Crippen LogP contribution in [0.5, 0.6) is 5.75 Å². The second kappa shape index (κ2) is 6.24. The van der Waals surface area contributed by atoms with E-state index in [1.165, 1.54) is 5.56 Å². The summed E-state index contributed by atoms with van der Waals surface area (Å²) in [5.41, 5.74) is 2.60. The van der Waals surface area contributed by atoms with E-state index in [1.54, 1.807) is 24.3 Å². The predicted octanol–water partition coefficient (Wildman–Crippen LogP) is 3.37. The van der Waals surface area contributed by atoms with Crippen LogP contribution in [0.15, 0.2) is 48.5 Å². The van der Waals surface area contributed by atoms with Gasteiger partial charge in [-0.05, 0) is 35.6 Å². The highest BCUT2D eigenvalue weighted by molar-refractivity contribution is 5.76. The summed E-state index contributed by atoms with van der Waals surface area (Å²) in [5, 5.41) is 19.2.